The van der Waals surface area contributed by atoms with Crippen molar-refractivity contribution in [1.82, 2.24) is 4.98 Å². The molecule has 2 rings (SSSR count). The zero-order valence-corrected chi connectivity index (χ0v) is 11.0. The van der Waals surface area contributed by atoms with Crippen LogP contribution in [0.4, 0.5) is 0 Å². The van der Waals surface area contributed by atoms with Gasteiger partial charge in [0.25, 0.3) is 0 Å². The molecule has 0 spiro atoms. The zero-order valence-electron chi connectivity index (χ0n) is 8.70. The van der Waals surface area contributed by atoms with E-state index >= 15 is 0 Å². The molecule has 0 aliphatic heterocycles. The van der Waals surface area contributed by atoms with Gasteiger partial charge in [0.15, 0.2) is 0 Å². The topological polar surface area (TPSA) is 38.9 Å². The van der Waals surface area contributed by atoms with Crippen molar-refractivity contribution in [3.63, 3.8) is 0 Å². The van der Waals surface area contributed by atoms with Crippen LogP contribution in [-0.2, 0) is 0 Å². The SMILES string of the molecule is NC(c1ccncc1Cl)c1cc(Cl)ccc1Cl. The Morgan fingerprint density at radius 3 is 2.47 bits per heavy atom. The highest BCUT2D eigenvalue weighted by Crippen LogP contribution is 2.31. The first-order valence-corrected chi connectivity index (χ1v) is 6.03. The fourth-order valence-corrected chi connectivity index (χ4v) is 2.21. The van der Waals surface area contributed by atoms with E-state index in [0.29, 0.717) is 15.1 Å². The van der Waals surface area contributed by atoms with E-state index in [0.717, 1.165) is 11.1 Å². The van der Waals surface area contributed by atoms with Crippen LogP contribution in [-0.4, -0.2) is 4.98 Å². The molecule has 5 heteroatoms. The van der Waals surface area contributed by atoms with E-state index in [4.69, 9.17) is 40.5 Å². The summed E-state index contributed by atoms with van der Waals surface area (Å²) in [6.07, 6.45) is 3.19. The lowest BCUT2D eigenvalue weighted by Gasteiger charge is -2.15. The summed E-state index contributed by atoms with van der Waals surface area (Å²) in [5.41, 5.74) is 7.64. The van der Waals surface area contributed by atoms with Gasteiger partial charge < -0.3 is 5.73 Å². The Labute approximate surface area is 114 Å². The van der Waals surface area contributed by atoms with Crippen molar-refractivity contribution in [3.05, 3.63) is 62.9 Å². The maximum absolute atomic E-state index is 6.13. The van der Waals surface area contributed by atoms with Gasteiger partial charge in [-0.05, 0) is 35.4 Å². The fraction of sp³-hybridized carbons (Fsp3) is 0.0833. The second-order valence-electron chi connectivity index (χ2n) is 3.54. The second kappa shape index (κ2) is 5.23. The molecule has 0 fully saturated rings. The molecule has 1 aromatic carbocycles. The summed E-state index contributed by atoms with van der Waals surface area (Å²) in [4.78, 5) is 3.91. The van der Waals surface area contributed by atoms with Crippen LogP contribution in [0.25, 0.3) is 0 Å². The Balaban J connectivity index is 2.47. The van der Waals surface area contributed by atoms with Crippen molar-refractivity contribution >= 4 is 34.8 Å². The number of halogens is 3. The third-order valence-electron chi connectivity index (χ3n) is 2.43. The van der Waals surface area contributed by atoms with Gasteiger partial charge in [-0.3, -0.25) is 4.98 Å². The van der Waals surface area contributed by atoms with Crippen LogP contribution in [0.3, 0.4) is 0 Å². The van der Waals surface area contributed by atoms with E-state index in [1.54, 1.807) is 36.7 Å². The number of benzene rings is 1. The van der Waals surface area contributed by atoms with Gasteiger partial charge in [-0.2, -0.15) is 0 Å². The number of hydrogen-bond donors (Lipinski definition) is 1. The van der Waals surface area contributed by atoms with E-state index in [2.05, 4.69) is 4.98 Å². The predicted molar refractivity (Wildman–Crippen MR) is 71.7 cm³/mol. The molecule has 0 saturated carbocycles. The average Bonchev–Trinajstić information content (AvgIpc) is 2.32. The largest absolute Gasteiger partial charge is 0.320 e. The highest BCUT2D eigenvalue weighted by molar-refractivity contribution is 6.34. The summed E-state index contributed by atoms with van der Waals surface area (Å²) >= 11 is 18.1. The van der Waals surface area contributed by atoms with Gasteiger partial charge in [0.1, 0.15) is 0 Å². The minimum atomic E-state index is -0.420. The Morgan fingerprint density at radius 1 is 1.00 bits per heavy atom. The van der Waals surface area contributed by atoms with Crippen LogP contribution in [0, 0.1) is 0 Å². The molecule has 0 aliphatic rings. The van der Waals surface area contributed by atoms with Crippen LogP contribution in [0.2, 0.25) is 15.1 Å². The molecule has 2 nitrogen and oxygen atoms in total. The number of hydrogen-bond acceptors (Lipinski definition) is 2. The Kier molecular flexibility index (Phi) is 3.89. The van der Waals surface area contributed by atoms with Crippen LogP contribution < -0.4 is 5.73 Å². The molecule has 0 bridgehead atoms. The van der Waals surface area contributed by atoms with E-state index in [1.165, 1.54) is 0 Å². The molecule has 1 unspecified atom stereocenters. The molecule has 0 radical (unpaired) electrons. The molecule has 0 amide bonds. The van der Waals surface area contributed by atoms with E-state index in [1.807, 2.05) is 0 Å². The molecular weight excluding hydrogens is 279 g/mol. The van der Waals surface area contributed by atoms with Gasteiger partial charge in [-0.1, -0.05) is 34.8 Å². The third kappa shape index (κ3) is 2.72. The lowest BCUT2D eigenvalue weighted by atomic mass is 10.0. The molecular formula is C12H9Cl3N2. The average molecular weight is 288 g/mol. The van der Waals surface area contributed by atoms with E-state index < -0.39 is 6.04 Å². The lowest BCUT2D eigenvalue weighted by molar-refractivity contribution is 0.868. The number of pyridine rings is 1. The van der Waals surface area contributed by atoms with Gasteiger partial charge in [-0.15, -0.1) is 0 Å². The van der Waals surface area contributed by atoms with Gasteiger partial charge >= 0.3 is 0 Å². The van der Waals surface area contributed by atoms with Crippen LogP contribution in [0.1, 0.15) is 17.2 Å². The Morgan fingerprint density at radius 2 is 1.76 bits per heavy atom. The fourth-order valence-electron chi connectivity index (χ4n) is 1.56. The van der Waals surface area contributed by atoms with Crippen molar-refractivity contribution in [3.8, 4) is 0 Å². The van der Waals surface area contributed by atoms with Gasteiger partial charge in [0.05, 0.1) is 11.1 Å². The summed E-state index contributed by atoms with van der Waals surface area (Å²) in [6, 6.07) is 6.52. The monoisotopic (exact) mass is 286 g/mol. The van der Waals surface area contributed by atoms with Crippen LogP contribution >= 0.6 is 34.8 Å². The predicted octanol–water partition coefficient (Wildman–Crippen LogP) is 4.09. The minimum absolute atomic E-state index is 0.420. The number of rotatable bonds is 2. The number of nitrogens with two attached hydrogens (primary N) is 1. The first-order valence-electron chi connectivity index (χ1n) is 4.89. The summed E-state index contributed by atoms with van der Waals surface area (Å²) in [5, 5.41) is 1.66. The van der Waals surface area contributed by atoms with Gasteiger partial charge in [-0.25, -0.2) is 0 Å². The molecule has 2 aromatic rings. The maximum Gasteiger partial charge on any atom is 0.0640 e. The molecule has 1 atom stereocenters. The van der Waals surface area contributed by atoms with E-state index in [-0.39, 0.29) is 0 Å². The van der Waals surface area contributed by atoms with Crippen LogP contribution in [0.15, 0.2) is 36.7 Å². The van der Waals surface area contributed by atoms with Gasteiger partial charge in [0.2, 0.25) is 0 Å². The van der Waals surface area contributed by atoms with Crippen molar-refractivity contribution in [2.45, 2.75) is 6.04 Å². The summed E-state index contributed by atoms with van der Waals surface area (Å²) in [7, 11) is 0. The zero-order chi connectivity index (χ0) is 12.4. The Bertz CT molecular complexity index is 543. The molecule has 1 heterocycles. The molecule has 2 N–H and O–H groups in total. The van der Waals surface area contributed by atoms with Gasteiger partial charge in [0, 0.05) is 22.4 Å². The first kappa shape index (κ1) is 12.7. The first-order chi connectivity index (χ1) is 8.09. The Hall–Kier alpha value is -0.800. The number of nitrogens with zero attached hydrogens (tertiary/aromatic N) is 1. The van der Waals surface area contributed by atoms with Crippen LogP contribution in [0.5, 0.6) is 0 Å². The molecule has 1 aromatic heterocycles. The summed E-state index contributed by atoms with van der Waals surface area (Å²) in [5.74, 6) is 0. The highest BCUT2D eigenvalue weighted by Gasteiger charge is 2.15. The second-order valence-corrected chi connectivity index (χ2v) is 4.79. The normalized spacial score (nSPS) is 12.5. The quantitative estimate of drug-likeness (QED) is 0.903. The summed E-state index contributed by atoms with van der Waals surface area (Å²) < 4.78 is 0. The standard InChI is InChI=1S/C12H9Cl3N2/c13-7-1-2-10(14)9(5-7)12(16)8-3-4-17-6-11(8)15/h1-6,12H,16H2. The molecule has 17 heavy (non-hydrogen) atoms. The molecule has 0 saturated heterocycles. The molecule has 0 aliphatic carbocycles. The lowest BCUT2D eigenvalue weighted by Crippen LogP contribution is -2.13. The van der Waals surface area contributed by atoms with Crippen molar-refractivity contribution in [1.29, 1.82) is 0 Å². The highest BCUT2D eigenvalue weighted by atomic mass is 35.5. The smallest absolute Gasteiger partial charge is 0.0640 e. The third-order valence-corrected chi connectivity index (χ3v) is 3.33. The van der Waals surface area contributed by atoms with Crippen molar-refractivity contribution in [2.24, 2.45) is 5.73 Å². The maximum atomic E-state index is 6.13. The number of aromatic nitrogens is 1. The minimum Gasteiger partial charge on any atom is -0.320 e. The van der Waals surface area contributed by atoms with Crippen molar-refractivity contribution < 1.29 is 0 Å². The summed E-state index contributed by atoms with van der Waals surface area (Å²) in [6.45, 7) is 0. The molecule has 88 valence electrons. The van der Waals surface area contributed by atoms with E-state index in [9.17, 15) is 0 Å². The van der Waals surface area contributed by atoms with Crippen molar-refractivity contribution in [2.75, 3.05) is 0 Å².